The predicted molar refractivity (Wildman–Crippen MR) is 73.9 cm³/mol. The zero-order chi connectivity index (χ0) is 14.8. The number of sulfonamides is 1. The summed E-state index contributed by atoms with van der Waals surface area (Å²) in [4.78, 5) is 11.4. The number of carbonyl (C=O) groups is 1. The van der Waals surface area contributed by atoms with Crippen molar-refractivity contribution in [2.75, 3.05) is 0 Å². The lowest BCUT2D eigenvalue weighted by atomic mass is 10.2. The standard InChI is InChI=1S/C14H15NO4S/c1-10(14-7-4-8-19-14)15-20(17,18)13-6-3-5-12(9-13)11(2)16/h3-10,15H,1-2H3. The molecule has 0 aliphatic rings. The van der Waals surface area contributed by atoms with Crippen LogP contribution in [-0.2, 0) is 10.0 Å². The second-order valence-electron chi connectivity index (χ2n) is 4.44. The number of nitrogens with one attached hydrogen (secondary N) is 1. The van der Waals surface area contributed by atoms with Gasteiger partial charge in [0.15, 0.2) is 5.78 Å². The highest BCUT2D eigenvalue weighted by molar-refractivity contribution is 7.89. The second kappa shape index (κ2) is 5.60. The van der Waals surface area contributed by atoms with E-state index in [1.165, 1.54) is 25.3 Å². The Kier molecular flexibility index (Phi) is 4.06. The highest BCUT2D eigenvalue weighted by Gasteiger charge is 2.20. The van der Waals surface area contributed by atoms with Gasteiger partial charge in [0.1, 0.15) is 5.76 Å². The van der Waals surface area contributed by atoms with E-state index in [4.69, 9.17) is 4.42 Å². The summed E-state index contributed by atoms with van der Waals surface area (Å²) in [6.07, 6.45) is 1.48. The Bertz CT molecular complexity index is 705. The SMILES string of the molecule is CC(=O)c1cccc(S(=O)(=O)NC(C)c2ccco2)c1. The van der Waals surface area contributed by atoms with E-state index in [9.17, 15) is 13.2 Å². The quantitative estimate of drug-likeness (QED) is 0.859. The molecule has 0 fully saturated rings. The van der Waals surface area contributed by atoms with E-state index in [0.717, 1.165) is 0 Å². The van der Waals surface area contributed by atoms with Crippen molar-refractivity contribution in [3.63, 3.8) is 0 Å². The molecule has 106 valence electrons. The number of carbonyl (C=O) groups excluding carboxylic acids is 1. The fourth-order valence-electron chi connectivity index (χ4n) is 1.78. The molecule has 1 heterocycles. The van der Waals surface area contributed by atoms with E-state index in [0.29, 0.717) is 11.3 Å². The lowest BCUT2D eigenvalue weighted by molar-refractivity contribution is 0.101. The van der Waals surface area contributed by atoms with Crippen LogP contribution in [0.1, 0.15) is 36.0 Å². The Morgan fingerprint density at radius 3 is 2.60 bits per heavy atom. The molecule has 0 saturated carbocycles. The summed E-state index contributed by atoms with van der Waals surface area (Å²) in [7, 11) is -3.70. The Morgan fingerprint density at radius 2 is 2.00 bits per heavy atom. The van der Waals surface area contributed by atoms with Crippen molar-refractivity contribution in [2.45, 2.75) is 24.8 Å². The van der Waals surface area contributed by atoms with Gasteiger partial charge >= 0.3 is 0 Å². The van der Waals surface area contributed by atoms with Crippen molar-refractivity contribution in [3.8, 4) is 0 Å². The van der Waals surface area contributed by atoms with Crippen molar-refractivity contribution in [1.29, 1.82) is 0 Å². The van der Waals surface area contributed by atoms with Crippen LogP contribution in [-0.4, -0.2) is 14.2 Å². The fourth-order valence-corrected chi connectivity index (χ4v) is 3.04. The number of Topliss-reactive ketones (excluding diaryl/α,β-unsaturated/α-hetero) is 1. The second-order valence-corrected chi connectivity index (χ2v) is 6.16. The van der Waals surface area contributed by atoms with E-state index < -0.39 is 16.1 Å². The Hall–Kier alpha value is -1.92. The van der Waals surface area contributed by atoms with Crippen molar-refractivity contribution >= 4 is 15.8 Å². The van der Waals surface area contributed by atoms with Crippen molar-refractivity contribution < 1.29 is 17.6 Å². The molecule has 0 aliphatic carbocycles. The molecular weight excluding hydrogens is 278 g/mol. The van der Waals surface area contributed by atoms with Gasteiger partial charge in [0.05, 0.1) is 17.2 Å². The molecule has 0 bridgehead atoms. The topological polar surface area (TPSA) is 76.4 Å². The third kappa shape index (κ3) is 3.15. The van der Waals surface area contributed by atoms with Crippen molar-refractivity contribution in [2.24, 2.45) is 0 Å². The third-order valence-electron chi connectivity index (χ3n) is 2.85. The van der Waals surface area contributed by atoms with Gasteiger partial charge in [0, 0.05) is 5.56 Å². The van der Waals surface area contributed by atoms with Gasteiger partial charge in [0.25, 0.3) is 0 Å². The molecule has 0 spiro atoms. The molecule has 1 N–H and O–H groups in total. The Morgan fingerprint density at radius 1 is 1.25 bits per heavy atom. The molecule has 1 atom stereocenters. The lowest BCUT2D eigenvalue weighted by Crippen LogP contribution is -2.26. The number of hydrogen-bond donors (Lipinski definition) is 1. The molecule has 1 aromatic heterocycles. The minimum atomic E-state index is -3.70. The molecule has 2 rings (SSSR count). The summed E-state index contributed by atoms with van der Waals surface area (Å²) in [6.45, 7) is 3.08. The first-order valence-electron chi connectivity index (χ1n) is 6.07. The number of furan rings is 1. The van der Waals surface area contributed by atoms with Crippen LogP contribution >= 0.6 is 0 Å². The summed E-state index contributed by atoms with van der Waals surface area (Å²) in [5, 5.41) is 0. The number of hydrogen-bond acceptors (Lipinski definition) is 4. The van der Waals surface area contributed by atoms with Gasteiger partial charge in [-0.05, 0) is 38.1 Å². The molecule has 0 saturated heterocycles. The smallest absolute Gasteiger partial charge is 0.241 e. The van der Waals surface area contributed by atoms with Gasteiger partial charge < -0.3 is 4.42 Å². The van der Waals surface area contributed by atoms with Crippen LogP contribution in [0.2, 0.25) is 0 Å². The van der Waals surface area contributed by atoms with Crippen LogP contribution < -0.4 is 4.72 Å². The van der Waals surface area contributed by atoms with Gasteiger partial charge in [0.2, 0.25) is 10.0 Å². The highest BCUT2D eigenvalue weighted by Crippen LogP contribution is 2.18. The average molecular weight is 293 g/mol. The van der Waals surface area contributed by atoms with E-state index in [-0.39, 0.29) is 10.7 Å². The predicted octanol–water partition coefficient (Wildman–Crippen LogP) is 2.52. The maximum atomic E-state index is 12.2. The Labute approximate surface area is 117 Å². The first-order chi connectivity index (χ1) is 9.40. The monoisotopic (exact) mass is 293 g/mol. The van der Waals surface area contributed by atoms with Gasteiger partial charge in [-0.25, -0.2) is 13.1 Å². The van der Waals surface area contributed by atoms with E-state index >= 15 is 0 Å². The van der Waals surface area contributed by atoms with Crippen molar-refractivity contribution in [3.05, 3.63) is 54.0 Å². The molecule has 0 amide bonds. The zero-order valence-electron chi connectivity index (χ0n) is 11.2. The van der Waals surface area contributed by atoms with Crippen LogP contribution in [0.4, 0.5) is 0 Å². The summed E-state index contributed by atoms with van der Waals surface area (Å²) in [5.41, 5.74) is 0.360. The maximum absolute atomic E-state index is 12.2. The molecule has 6 heteroatoms. The van der Waals surface area contributed by atoms with Crippen molar-refractivity contribution in [1.82, 2.24) is 4.72 Å². The molecule has 1 unspecified atom stereocenters. The lowest BCUT2D eigenvalue weighted by Gasteiger charge is -2.12. The minimum Gasteiger partial charge on any atom is -0.468 e. The van der Waals surface area contributed by atoms with Gasteiger partial charge in [-0.1, -0.05) is 12.1 Å². The molecular formula is C14H15NO4S. The first-order valence-corrected chi connectivity index (χ1v) is 7.55. The van der Waals surface area contributed by atoms with E-state index in [1.807, 2.05) is 0 Å². The van der Waals surface area contributed by atoms with Crippen LogP contribution in [0.5, 0.6) is 0 Å². The summed E-state index contributed by atoms with van der Waals surface area (Å²) in [6, 6.07) is 8.83. The summed E-state index contributed by atoms with van der Waals surface area (Å²) < 4.78 is 32.2. The average Bonchev–Trinajstić information content (AvgIpc) is 2.92. The fraction of sp³-hybridized carbons (Fsp3) is 0.214. The zero-order valence-corrected chi connectivity index (χ0v) is 12.0. The molecule has 5 nitrogen and oxygen atoms in total. The molecule has 20 heavy (non-hydrogen) atoms. The maximum Gasteiger partial charge on any atom is 0.241 e. The van der Waals surface area contributed by atoms with Crippen LogP contribution in [0, 0.1) is 0 Å². The number of rotatable bonds is 5. The van der Waals surface area contributed by atoms with E-state index in [1.54, 1.807) is 31.2 Å². The van der Waals surface area contributed by atoms with Crippen LogP contribution in [0.15, 0.2) is 52.0 Å². The third-order valence-corrected chi connectivity index (χ3v) is 4.39. The minimum absolute atomic E-state index is 0.0589. The summed E-state index contributed by atoms with van der Waals surface area (Å²) >= 11 is 0. The van der Waals surface area contributed by atoms with Gasteiger partial charge in [-0.3, -0.25) is 4.79 Å². The van der Waals surface area contributed by atoms with Gasteiger partial charge in [-0.15, -0.1) is 0 Å². The first kappa shape index (κ1) is 14.5. The Balaban J connectivity index is 2.26. The van der Waals surface area contributed by atoms with Gasteiger partial charge in [-0.2, -0.15) is 0 Å². The number of ketones is 1. The molecule has 1 aromatic carbocycles. The highest BCUT2D eigenvalue weighted by atomic mass is 32.2. The van der Waals surface area contributed by atoms with Crippen LogP contribution in [0.25, 0.3) is 0 Å². The number of benzene rings is 1. The normalized spacial score (nSPS) is 13.1. The largest absolute Gasteiger partial charge is 0.468 e. The molecule has 2 aromatic rings. The van der Waals surface area contributed by atoms with Crippen LogP contribution in [0.3, 0.4) is 0 Å². The summed E-state index contributed by atoms with van der Waals surface area (Å²) in [5.74, 6) is 0.345. The molecule has 0 radical (unpaired) electrons. The molecule has 0 aliphatic heterocycles. The van der Waals surface area contributed by atoms with E-state index in [2.05, 4.69) is 4.72 Å².